The standard InChI is InChI=1S/C35H31ClF3N5O4S/c1-18-12-24(32-31(41-18)26(17-49-32)34(46)47)23-14-21(36)4-5-29(23)48-11-10-44-19(2)42-28-15-27(35(37,38)39)22(25(16-40)30(28)33(44)45)13-20-6-8-43(3)9-7-20/h4-5,12,14-15,17,20H,6-11,13H2,1-3H3,(H,46,47). The van der Waals surface area contributed by atoms with Crippen molar-refractivity contribution in [1.82, 2.24) is 19.4 Å². The van der Waals surface area contributed by atoms with Crippen LogP contribution in [0.1, 0.15) is 51.4 Å². The Labute approximate surface area is 288 Å². The Balaban J connectivity index is 1.36. The molecule has 0 amide bonds. The number of alkyl halides is 3. The Bertz CT molecular complexity index is 2220. The predicted octanol–water partition coefficient (Wildman–Crippen LogP) is 7.50. The number of likely N-dealkylation sites (tertiary alicyclic amines) is 1. The molecule has 0 bridgehead atoms. The first-order chi connectivity index (χ1) is 23.3. The van der Waals surface area contributed by atoms with E-state index in [9.17, 15) is 33.1 Å². The SMILES string of the molecule is Cc1cc(-c2cc(Cl)ccc2OCCn2c(C)nc3cc(C(F)(F)F)c(CC4CCN(C)CC4)c(C#N)c3c2=O)c2scc(C(=O)O)c2n1. The minimum absolute atomic E-state index is 0.0151. The topological polar surface area (TPSA) is 121 Å². The average molecular weight is 710 g/mol. The van der Waals surface area contributed by atoms with Crippen molar-refractivity contribution in [1.29, 1.82) is 5.26 Å². The van der Waals surface area contributed by atoms with E-state index >= 15 is 0 Å². The Kier molecular flexibility index (Phi) is 9.41. The number of aryl methyl sites for hydroxylation is 2. The van der Waals surface area contributed by atoms with E-state index < -0.39 is 23.3 Å². The number of rotatable bonds is 8. The molecule has 0 atom stereocenters. The quantitative estimate of drug-likeness (QED) is 0.176. The van der Waals surface area contributed by atoms with Crippen molar-refractivity contribution < 1.29 is 27.8 Å². The molecule has 0 radical (unpaired) electrons. The van der Waals surface area contributed by atoms with Crippen molar-refractivity contribution >= 4 is 50.0 Å². The molecular weight excluding hydrogens is 679 g/mol. The summed E-state index contributed by atoms with van der Waals surface area (Å²) in [4.78, 5) is 36.7. The summed E-state index contributed by atoms with van der Waals surface area (Å²) >= 11 is 7.61. The number of aromatic nitrogens is 3. The zero-order valence-corrected chi connectivity index (χ0v) is 28.4. The van der Waals surface area contributed by atoms with Crippen LogP contribution in [0.3, 0.4) is 0 Å². The van der Waals surface area contributed by atoms with Gasteiger partial charge in [0.05, 0.1) is 44.4 Å². The molecule has 1 fully saturated rings. The number of nitrogens with zero attached hydrogens (tertiary/aromatic N) is 5. The molecule has 254 valence electrons. The highest BCUT2D eigenvalue weighted by Crippen LogP contribution is 2.41. The van der Waals surface area contributed by atoms with E-state index in [0.29, 0.717) is 50.7 Å². The van der Waals surface area contributed by atoms with E-state index in [4.69, 9.17) is 16.3 Å². The molecule has 1 N–H and O–H groups in total. The fourth-order valence-corrected chi connectivity index (χ4v) is 7.69. The van der Waals surface area contributed by atoms with Gasteiger partial charge in [-0.2, -0.15) is 18.4 Å². The minimum atomic E-state index is -4.73. The monoisotopic (exact) mass is 709 g/mol. The zero-order chi connectivity index (χ0) is 35.2. The first-order valence-corrected chi connectivity index (χ1v) is 16.8. The maximum Gasteiger partial charge on any atom is 0.416 e. The fraction of sp³-hybridized carbons (Fsp3) is 0.343. The zero-order valence-electron chi connectivity index (χ0n) is 26.8. The van der Waals surface area contributed by atoms with Gasteiger partial charge in [-0.3, -0.25) is 14.3 Å². The molecule has 4 heterocycles. The molecule has 1 aliphatic heterocycles. The number of hydrogen-bond acceptors (Lipinski definition) is 8. The second kappa shape index (κ2) is 13.4. The van der Waals surface area contributed by atoms with Crippen LogP contribution >= 0.6 is 22.9 Å². The van der Waals surface area contributed by atoms with Gasteiger partial charge in [-0.1, -0.05) is 11.6 Å². The Morgan fingerprint density at radius 2 is 1.90 bits per heavy atom. The van der Waals surface area contributed by atoms with Crippen molar-refractivity contribution in [3.8, 4) is 22.9 Å². The number of nitriles is 1. The largest absolute Gasteiger partial charge is 0.491 e. The van der Waals surface area contributed by atoms with Crippen LogP contribution in [0.4, 0.5) is 13.2 Å². The average Bonchev–Trinajstić information content (AvgIpc) is 3.47. The highest BCUT2D eigenvalue weighted by molar-refractivity contribution is 7.18. The van der Waals surface area contributed by atoms with Crippen LogP contribution < -0.4 is 10.3 Å². The number of carbonyl (C=O) groups is 1. The van der Waals surface area contributed by atoms with Gasteiger partial charge in [0.25, 0.3) is 5.56 Å². The lowest BCUT2D eigenvalue weighted by atomic mass is 9.85. The Hall–Kier alpha value is -4.51. The number of ether oxygens (including phenoxy) is 1. The molecule has 6 rings (SSSR count). The smallest absolute Gasteiger partial charge is 0.416 e. The molecule has 0 spiro atoms. The summed E-state index contributed by atoms with van der Waals surface area (Å²) in [5.74, 6) is -0.566. The summed E-state index contributed by atoms with van der Waals surface area (Å²) in [6, 6.07) is 9.64. The maximum absolute atomic E-state index is 14.4. The first kappa shape index (κ1) is 34.4. The van der Waals surface area contributed by atoms with Crippen molar-refractivity contribution in [2.45, 2.75) is 45.8 Å². The highest BCUT2D eigenvalue weighted by atomic mass is 35.5. The summed E-state index contributed by atoms with van der Waals surface area (Å²) in [5, 5.41) is 21.7. The summed E-state index contributed by atoms with van der Waals surface area (Å²) in [6.07, 6.45) is -3.31. The summed E-state index contributed by atoms with van der Waals surface area (Å²) < 4.78 is 51.2. The van der Waals surface area contributed by atoms with E-state index in [1.54, 1.807) is 25.1 Å². The van der Waals surface area contributed by atoms with Gasteiger partial charge in [0, 0.05) is 27.2 Å². The minimum Gasteiger partial charge on any atom is -0.491 e. The number of piperidine rings is 1. The lowest BCUT2D eigenvalue weighted by Crippen LogP contribution is -2.32. The normalized spacial score (nSPS) is 14.4. The van der Waals surface area contributed by atoms with Crippen LogP contribution in [0.15, 0.2) is 40.5 Å². The summed E-state index contributed by atoms with van der Waals surface area (Å²) in [6.45, 7) is 4.71. The summed E-state index contributed by atoms with van der Waals surface area (Å²) in [7, 11) is 1.96. The highest BCUT2D eigenvalue weighted by Gasteiger charge is 2.37. The van der Waals surface area contributed by atoms with Crippen molar-refractivity contribution in [3.05, 3.63) is 84.9 Å². The number of thiophene rings is 1. The molecule has 1 aliphatic rings. The van der Waals surface area contributed by atoms with Crippen LogP contribution in [-0.2, 0) is 19.1 Å². The molecule has 5 aromatic rings. The Morgan fingerprint density at radius 1 is 1.16 bits per heavy atom. The fourth-order valence-electron chi connectivity index (χ4n) is 6.51. The van der Waals surface area contributed by atoms with Crippen molar-refractivity contribution in [2.75, 3.05) is 26.7 Å². The van der Waals surface area contributed by atoms with Crippen LogP contribution in [0, 0.1) is 31.1 Å². The number of pyridine rings is 1. The molecule has 14 heteroatoms. The molecule has 0 aliphatic carbocycles. The molecule has 2 aromatic carbocycles. The molecular formula is C35H31ClF3N5O4S. The molecule has 1 saturated heterocycles. The number of halogens is 4. The second-order valence-corrected chi connectivity index (χ2v) is 13.6. The van der Waals surface area contributed by atoms with Crippen molar-refractivity contribution in [2.24, 2.45) is 5.92 Å². The lowest BCUT2D eigenvalue weighted by molar-refractivity contribution is -0.138. The summed E-state index contributed by atoms with van der Waals surface area (Å²) in [5.41, 5.74) is 0.115. The predicted molar refractivity (Wildman–Crippen MR) is 182 cm³/mol. The first-order valence-electron chi connectivity index (χ1n) is 15.5. The number of fused-ring (bicyclic) bond motifs is 2. The van der Waals surface area contributed by atoms with Gasteiger partial charge in [-0.15, -0.1) is 11.3 Å². The van der Waals surface area contributed by atoms with Crippen LogP contribution in [0.25, 0.3) is 32.2 Å². The van der Waals surface area contributed by atoms with E-state index in [2.05, 4.69) is 14.9 Å². The van der Waals surface area contributed by atoms with Crippen LogP contribution in [0.5, 0.6) is 5.75 Å². The van der Waals surface area contributed by atoms with Crippen molar-refractivity contribution in [3.63, 3.8) is 0 Å². The van der Waals surface area contributed by atoms with E-state index in [0.717, 1.165) is 19.2 Å². The van der Waals surface area contributed by atoms with Gasteiger partial charge in [0.15, 0.2) is 0 Å². The van der Waals surface area contributed by atoms with Gasteiger partial charge in [-0.25, -0.2) is 9.78 Å². The number of carboxylic acids is 1. The third-order valence-electron chi connectivity index (χ3n) is 8.98. The molecule has 3 aromatic heterocycles. The van der Waals surface area contributed by atoms with Crippen LogP contribution in [0.2, 0.25) is 5.02 Å². The Morgan fingerprint density at radius 3 is 2.57 bits per heavy atom. The number of carboxylic acid groups (broad SMARTS) is 1. The third-order valence-corrected chi connectivity index (χ3v) is 10.2. The van der Waals surface area contributed by atoms with E-state index in [-0.39, 0.29) is 58.9 Å². The van der Waals surface area contributed by atoms with E-state index in [1.165, 1.54) is 28.2 Å². The molecule has 0 saturated carbocycles. The van der Waals surface area contributed by atoms with Gasteiger partial charge in [0.1, 0.15) is 24.3 Å². The number of hydrogen-bond donors (Lipinski definition) is 1. The second-order valence-electron chi connectivity index (χ2n) is 12.3. The molecule has 0 unspecified atom stereocenters. The van der Waals surface area contributed by atoms with E-state index in [1.807, 2.05) is 19.2 Å². The third kappa shape index (κ3) is 6.73. The van der Waals surface area contributed by atoms with Gasteiger partial charge < -0.3 is 14.7 Å². The van der Waals surface area contributed by atoms with Gasteiger partial charge in [0.2, 0.25) is 0 Å². The molecule has 49 heavy (non-hydrogen) atoms. The maximum atomic E-state index is 14.4. The molecule has 9 nitrogen and oxygen atoms in total. The van der Waals surface area contributed by atoms with Gasteiger partial charge in [-0.05, 0) is 95.1 Å². The lowest BCUT2D eigenvalue weighted by Gasteiger charge is -2.30. The number of benzene rings is 2. The van der Waals surface area contributed by atoms with Crippen LogP contribution in [-0.4, -0.2) is 57.3 Å². The van der Waals surface area contributed by atoms with Gasteiger partial charge >= 0.3 is 12.1 Å². The number of aromatic carboxylic acids is 1.